The lowest BCUT2D eigenvalue weighted by Gasteiger charge is -2.17. The summed E-state index contributed by atoms with van der Waals surface area (Å²) in [5.74, 6) is 0.724. The Balaban J connectivity index is 1.73. The lowest BCUT2D eigenvalue weighted by atomic mass is 10.2. The Hall–Kier alpha value is -2.37. The number of amides is 1. The molecule has 1 atom stereocenters. The van der Waals surface area contributed by atoms with E-state index in [1.165, 1.54) is 6.08 Å². The lowest BCUT2D eigenvalue weighted by Crippen LogP contribution is -2.36. The van der Waals surface area contributed by atoms with E-state index in [0.717, 1.165) is 36.5 Å². The molecule has 0 radical (unpaired) electrons. The molecule has 3 heterocycles. The van der Waals surface area contributed by atoms with Crippen molar-refractivity contribution in [2.45, 2.75) is 12.5 Å². The summed E-state index contributed by atoms with van der Waals surface area (Å²) >= 11 is 0. The van der Waals surface area contributed by atoms with Gasteiger partial charge in [-0.3, -0.25) is 4.79 Å². The van der Waals surface area contributed by atoms with E-state index in [4.69, 9.17) is 0 Å². The van der Waals surface area contributed by atoms with Crippen LogP contribution >= 0.6 is 0 Å². The summed E-state index contributed by atoms with van der Waals surface area (Å²) in [6.45, 7) is 5.08. The second-order valence-electron chi connectivity index (χ2n) is 4.58. The molecule has 6 nitrogen and oxygen atoms in total. The first-order valence-corrected chi connectivity index (χ1v) is 6.24. The van der Waals surface area contributed by atoms with Gasteiger partial charge in [-0.1, -0.05) is 6.58 Å². The number of nitrogens with one attached hydrogen (secondary N) is 2. The zero-order chi connectivity index (χ0) is 13.2. The third-order valence-electron chi connectivity index (χ3n) is 3.29. The smallest absolute Gasteiger partial charge is 0.243 e. The molecule has 0 unspecified atom stereocenters. The average molecular weight is 257 g/mol. The van der Waals surface area contributed by atoms with E-state index < -0.39 is 0 Å². The van der Waals surface area contributed by atoms with E-state index in [2.05, 4.69) is 31.7 Å². The van der Waals surface area contributed by atoms with Gasteiger partial charge in [0, 0.05) is 25.3 Å². The van der Waals surface area contributed by atoms with Gasteiger partial charge in [0.25, 0.3) is 0 Å². The van der Waals surface area contributed by atoms with Gasteiger partial charge in [-0.05, 0) is 18.6 Å². The SMILES string of the molecule is C=CC(=O)N[C@H]1CCN(c2cnc3[nH]ccc3n2)C1. The molecular formula is C13H15N5O. The standard InChI is InChI=1S/C13H15N5O/c1-2-12(19)16-9-4-6-18(8-9)11-7-15-13-10(17-11)3-5-14-13/h2-3,5,7,9H,1,4,6,8H2,(H,14,15)(H,16,19)/t9-/m0/s1. The minimum Gasteiger partial charge on any atom is -0.353 e. The van der Waals surface area contributed by atoms with Crippen LogP contribution in [0.1, 0.15) is 6.42 Å². The second kappa shape index (κ2) is 4.72. The highest BCUT2D eigenvalue weighted by molar-refractivity contribution is 5.87. The largest absolute Gasteiger partial charge is 0.353 e. The highest BCUT2D eigenvalue weighted by Gasteiger charge is 2.24. The molecule has 0 aliphatic carbocycles. The molecular weight excluding hydrogens is 242 g/mol. The number of hydrogen-bond donors (Lipinski definition) is 2. The Morgan fingerprint density at radius 2 is 2.53 bits per heavy atom. The fourth-order valence-corrected chi connectivity index (χ4v) is 2.32. The Labute approximate surface area is 110 Å². The molecule has 0 saturated carbocycles. The maximum Gasteiger partial charge on any atom is 0.243 e. The van der Waals surface area contributed by atoms with Gasteiger partial charge in [-0.25, -0.2) is 9.97 Å². The van der Waals surface area contributed by atoms with Crippen LogP contribution in [-0.2, 0) is 4.79 Å². The van der Waals surface area contributed by atoms with E-state index in [9.17, 15) is 4.79 Å². The van der Waals surface area contributed by atoms with Gasteiger partial charge < -0.3 is 15.2 Å². The normalized spacial score (nSPS) is 18.7. The fraction of sp³-hybridized carbons (Fsp3) is 0.308. The molecule has 1 saturated heterocycles. The summed E-state index contributed by atoms with van der Waals surface area (Å²) in [6, 6.07) is 2.05. The van der Waals surface area contributed by atoms with Gasteiger partial charge in [0.2, 0.25) is 5.91 Å². The zero-order valence-corrected chi connectivity index (χ0v) is 10.5. The number of carbonyl (C=O) groups is 1. The van der Waals surface area contributed by atoms with Crippen molar-refractivity contribution in [3.8, 4) is 0 Å². The van der Waals surface area contributed by atoms with Gasteiger partial charge in [-0.2, -0.15) is 0 Å². The summed E-state index contributed by atoms with van der Waals surface area (Å²) in [6.07, 6.45) is 5.79. The number of aromatic amines is 1. The number of fused-ring (bicyclic) bond motifs is 1. The van der Waals surface area contributed by atoms with E-state index >= 15 is 0 Å². The van der Waals surface area contributed by atoms with Crippen LogP contribution in [-0.4, -0.2) is 40.0 Å². The van der Waals surface area contributed by atoms with E-state index in [0.29, 0.717) is 0 Å². The summed E-state index contributed by atoms with van der Waals surface area (Å²) in [7, 11) is 0. The van der Waals surface area contributed by atoms with Crippen molar-refractivity contribution in [1.29, 1.82) is 0 Å². The molecule has 0 bridgehead atoms. The van der Waals surface area contributed by atoms with Crippen LogP contribution in [0, 0.1) is 0 Å². The van der Waals surface area contributed by atoms with Gasteiger partial charge in [0.1, 0.15) is 11.3 Å². The minimum atomic E-state index is -0.126. The maximum absolute atomic E-state index is 11.3. The fourth-order valence-electron chi connectivity index (χ4n) is 2.32. The molecule has 2 aromatic heterocycles. The number of carbonyl (C=O) groups excluding carboxylic acids is 1. The molecule has 2 aromatic rings. The van der Waals surface area contributed by atoms with Crippen LogP contribution in [0.5, 0.6) is 0 Å². The first kappa shape index (κ1) is 11.7. The van der Waals surface area contributed by atoms with Crippen LogP contribution in [0.4, 0.5) is 5.82 Å². The molecule has 1 aliphatic heterocycles. The van der Waals surface area contributed by atoms with E-state index in [-0.39, 0.29) is 11.9 Å². The number of anilines is 1. The molecule has 1 fully saturated rings. The number of H-pyrrole nitrogens is 1. The molecule has 1 aliphatic rings. The van der Waals surface area contributed by atoms with E-state index in [1.54, 1.807) is 6.20 Å². The number of rotatable bonds is 3. The first-order chi connectivity index (χ1) is 9.26. The Morgan fingerprint density at radius 3 is 3.37 bits per heavy atom. The summed E-state index contributed by atoms with van der Waals surface area (Å²) < 4.78 is 0. The number of hydrogen-bond acceptors (Lipinski definition) is 4. The summed E-state index contributed by atoms with van der Waals surface area (Å²) in [4.78, 5) is 25.3. The zero-order valence-electron chi connectivity index (χ0n) is 10.5. The van der Waals surface area contributed by atoms with Crippen LogP contribution in [0.25, 0.3) is 11.2 Å². The van der Waals surface area contributed by atoms with Crippen LogP contribution in [0.2, 0.25) is 0 Å². The highest BCUT2D eigenvalue weighted by Crippen LogP contribution is 2.19. The molecule has 1 amide bonds. The van der Waals surface area contributed by atoms with Crippen molar-refractivity contribution in [2.75, 3.05) is 18.0 Å². The molecule has 6 heteroatoms. The number of nitrogens with zero attached hydrogens (tertiary/aromatic N) is 3. The van der Waals surface area contributed by atoms with Gasteiger partial charge in [-0.15, -0.1) is 0 Å². The van der Waals surface area contributed by atoms with Gasteiger partial charge >= 0.3 is 0 Å². The van der Waals surface area contributed by atoms with Gasteiger partial charge in [0.15, 0.2) is 5.65 Å². The van der Waals surface area contributed by atoms with Crippen molar-refractivity contribution < 1.29 is 4.79 Å². The van der Waals surface area contributed by atoms with E-state index in [1.807, 2.05) is 12.3 Å². The summed E-state index contributed by atoms with van der Waals surface area (Å²) in [5, 5.41) is 2.91. The Morgan fingerprint density at radius 1 is 1.63 bits per heavy atom. The van der Waals surface area contributed by atoms with Crippen molar-refractivity contribution in [1.82, 2.24) is 20.3 Å². The second-order valence-corrected chi connectivity index (χ2v) is 4.58. The lowest BCUT2D eigenvalue weighted by molar-refractivity contribution is -0.117. The molecule has 2 N–H and O–H groups in total. The van der Waals surface area contributed by atoms with Crippen LogP contribution < -0.4 is 10.2 Å². The van der Waals surface area contributed by atoms with Crippen molar-refractivity contribution >= 4 is 22.9 Å². The molecule has 0 aromatic carbocycles. The Bertz CT molecular complexity index is 620. The maximum atomic E-state index is 11.3. The monoisotopic (exact) mass is 257 g/mol. The first-order valence-electron chi connectivity index (χ1n) is 6.24. The van der Waals surface area contributed by atoms with Crippen molar-refractivity contribution in [2.24, 2.45) is 0 Å². The minimum absolute atomic E-state index is 0.126. The van der Waals surface area contributed by atoms with Gasteiger partial charge in [0.05, 0.1) is 6.20 Å². The predicted molar refractivity (Wildman–Crippen MR) is 72.8 cm³/mol. The predicted octanol–water partition coefficient (Wildman–Crippen LogP) is 0.839. The third-order valence-corrected chi connectivity index (χ3v) is 3.29. The molecule has 3 rings (SSSR count). The molecule has 19 heavy (non-hydrogen) atoms. The highest BCUT2D eigenvalue weighted by atomic mass is 16.1. The summed E-state index contributed by atoms with van der Waals surface area (Å²) in [5.41, 5.74) is 1.65. The quantitative estimate of drug-likeness (QED) is 0.799. The molecule has 0 spiro atoms. The van der Waals surface area contributed by atoms with Crippen molar-refractivity contribution in [3.63, 3.8) is 0 Å². The average Bonchev–Trinajstić information content (AvgIpc) is 3.05. The van der Waals surface area contributed by atoms with Crippen LogP contribution in [0.15, 0.2) is 31.1 Å². The Kier molecular flexibility index (Phi) is 2.91. The number of aromatic nitrogens is 3. The van der Waals surface area contributed by atoms with Crippen LogP contribution in [0.3, 0.4) is 0 Å². The topological polar surface area (TPSA) is 73.9 Å². The van der Waals surface area contributed by atoms with Crippen molar-refractivity contribution in [3.05, 3.63) is 31.1 Å². The molecule has 98 valence electrons. The third kappa shape index (κ3) is 2.29.